The SMILES string of the molecule is COc1ccc(Sc2nc(C(F)(F)F)nc3ccc(C)cc23)cc1. The van der Waals surface area contributed by atoms with Gasteiger partial charge in [-0.1, -0.05) is 23.4 Å². The number of aryl methyl sites for hydroxylation is 1. The van der Waals surface area contributed by atoms with Crippen molar-refractivity contribution in [1.82, 2.24) is 9.97 Å². The molecule has 3 rings (SSSR count). The van der Waals surface area contributed by atoms with Crippen LogP contribution in [0.25, 0.3) is 10.9 Å². The van der Waals surface area contributed by atoms with E-state index in [-0.39, 0.29) is 10.5 Å². The maximum atomic E-state index is 13.1. The van der Waals surface area contributed by atoms with Crippen LogP contribution in [0.15, 0.2) is 52.4 Å². The zero-order valence-electron chi connectivity index (χ0n) is 12.9. The van der Waals surface area contributed by atoms with E-state index in [2.05, 4.69) is 9.97 Å². The third-order valence-corrected chi connectivity index (χ3v) is 4.36. The predicted octanol–water partition coefficient (Wildman–Crippen LogP) is 5.12. The van der Waals surface area contributed by atoms with Gasteiger partial charge in [0.25, 0.3) is 0 Å². The van der Waals surface area contributed by atoms with Crippen molar-refractivity contribution in [3.8, 4) is 5.75 Å². The molecule has 7 heteroatoms. The van der Waals surface area contributed by atoms with Crippen molar-refractivity contribution in [2.45, 2.75) is 23.0 Å². The van der Waals surface area contributed by atoms with Gasteiger partial charge in [0.2, 0.25) is 5.82 Å². The molecule has 0 aliphatic heterocycles. The van der Waals surface area contributed by atoms with E-state index in [4.69, 9.17) is 4.74 Å². The number of hydrogen-bond acceptors (Lipinski definition) is 4. The Morgan fingerprint density at radius 1 is 1.00 bits per heavy atom. The summed E-state index contributed by atoms with van der Waals surface area (Å²) in [4.78, 5) is 8.16. The number of fused-ring (bicyclic) bond motifs is 1. The fraction of sp³-hybridized carbons (Fsp3) is 0.176. The molecule has 0 spiro atoms. The average Bonchev–Trinajstić information content (AvgIpc) is 2.55. The molecule has 0 fully saturated rings. The first-order chi connectivity index (χ1) is 11.4. The summed E-state index contributed by atoms with van der Waals surface area (Å²) in [6.07, 6.45) is -4.59. The number of ether oxygens (including phenoxy) is 1. The van der Waals surface area contributed by atoms with Crippen molar-refractivity contribution in [2.75, 3.05) is 7.11 Å². The lowest BCUT2D eigenvalue weighted by molar-refractivity contribution is -0.145. The first-order valence-corrected chi connectivity index (χ1v) is 7.86. The van der Waals surface area contributed by atoms with Crippen LogP contribution >= 0.6 is 11.8 Å². The molecule has 124 valence electrons. The highest BCUT2D eigenvalue weighted by molar-refractivity contribution is 7.99. The molecule has 0 aliphatic carbocycles. The third kappa shape index (κ3) is 3.46. The molecule has 3 nitrogen and oxygen atoms in total. The topological polar surface area (TPSA) is 35.0 Å². The number of alkyl halides is 3. The van der Waals surface area contributed by atoms with Crippen LogP contribution in [0.4, 0.5) is 13.2 Å². The maximum absolute atomic E-state index is 13.1. The van der Waals surface area contributed by atoms with E-state index in [0.29, 0.717) is 11.1 Å². The summed E-state index contributed by atoms with van der Waals surface area (Å²) in [7, 11) is 1.55. The van der Waals surface area contributed by atoms with Crippen molar-refractivity contribution >= 4 is 22.7 Å². The minimum atomic E-state index is -4.59. The third-order valence-electron chi connectivity index (χ3n) is 3.34. The van der Waals surface area contributed by atoms with Crippen LogP contribution in [0.1, 0.15) is 11.4 Å². The highest BCUT2D eigenvalue weighted by atomic mass is 32.2. The highest BCUT2D eigenvalue weighted by Crippen LogP contribution is 2.36. The molecule has 0 amide bonds. The fourth-order valence-corrected chi connectivity index (χ4v) is 3.08. The Balaban J connectivity index is 2.11. The van der Waals surface area contributed by atoms with E-state index in [0.717, 1.165) is 10.5 Å². The van der Waals surface area contributed by atoms with Crippen molar-refractivity contribution in [3.63, 3.8) is 0 Å². The minimum absolute atomic E-state index is 0.277. The van der Waals surface area contributed by atoms with Crippen molar-refractivity contribution < 1.29 is 17.9 Å². The van der Waals surface area contributed by atoms with Gasteiger partial charge in [-0.3, -0.25) is 0 Å². The molecule has 1 aromatic heterocycles. The van der Waals surface area contributed by atoms with Crippen LogP contribution in [0.3, 0.4) is 0 Å². The molecule has 0 bridgehead atoms. The minimum Gasteiger partial charge on any atom is -0.497 e. The van der Waals surface area contributed by atoms with Crippen LogP contribution in [-0.4, -0.2) is 17.1 Å². The number of rotatable bonds is 3. The molecule has 1 heterocycles. The van der Waals surface area contributed by atoms with Crippen LogP contribution in [0, 0.1) is 6.92 Å². The first-order valence-electron chi connectivity index (χ1n) is 7.04. The van der Waals surface area contributed by atoms with Crippen molar-refractivity contribution in [3.05, 3.63) is 53.9 Å². The van der Waals surface area contributed by atoms with E-state index in [1.165, 1.54) is 11.8 Å². The summed E-state index contributed by atoms with van der Waals surface area (Å²) in [6.45, 7) is 1.87. The molecule has 0 unspecified atom stereocenters. The van der Waals surface area contributed by atoms with Gasteiger partial charge in [0.1, 0.15) is 10.8 Å². The van der Waals surface area contributed by atoms with Crippen LogP contribution in [0.5, 0.6) is 5.75 Å². The molecular formula is C17H13F3N2OS. The Bertz CT molecular complexity index is 879. The molecule has 0 saturated heterocycles. The Labute approximate surface area is 140 Å². The van der Waals surface area contributed by atoms with Crippen LogP contribution in [0.2, 0.25) is 0 Å². The number of nitrogens with zero attached hydrogens (tertiary/aromatic N) is 2. The second kappa shape index (κ2) is 6.32. The lowest BCUT2D eigenvalue weighted by atomic mass is 10.2. The maximum Gasteiger partial charge on any atom is 0.451 e. The predicted molar refractivity (Wildman–Crippen MR) is 86.4 cm³/mol. The van der Waals surface area contributed by atoms with Gasteiger partial charge < -0.3 is 4.74 Å². The Kier molecular flexibility index (Phi) is 4.36. The van der Waals surface area contributed by atoms with Crippen molar-refractivity contribution in [1.29, 1.82) is 0 Å². The lowest BCUT2D eigenvalue weighted by Gasteiger charge is -2.11. The van der Waals surface area contributed by atoms with E-state index in [9.17, 15) is 13.2 Å². The summed E-state index contributed by atoms with van der Waals surface area (Å²) in [5.41, 5.74) is 1.21. The zero-order valence-corrected chi connectivity index (χ0v) is 13.7. The summed E-state index contributed by atoms with van der Waals surface area (Å²) < 4.78 is 44.3. The number of hydrogen-bond donors (Lipinski definition) is 0. The summed E-state index contributed by atoms with van der Waals surface area (Å²) in [5, 5.41) is 0.880. The zero-order chi connectivity index (χ0) is 17.3. The molecule has 3 aromatic rings. The van der Waals surface area contributed by atoms with Gasteiger partial charge in [-0.2, -0.15) is 13.2 Å². The monoisotopic (exact) mass is 350 g/mol. The molecular weight excluding hydrogens is 337 g/mol. The molecule has 0 radical (unpaired) electrons. The van der Waals surface area contributed by atoms with Gasteiger partial charge in [-0.05, 0) is 43.3 Å². The average molecular weight is 350 g/mol. The van der Waals surface area contributed by atoms with Gasteiger partial charge in [0.15, 0.2) is 0 Å². The quantitative estimate of drug-likeness (QED) is 0.615. The molecule has 0 N–H and O–H groups in total. The number of methoxy groups -OCH3 is 1. The molecule has 2 aromatic carbocycles. The van der Waals surface area contributed by atoms with Crippen LogP contribution in [-0.2, 0) is 6.18 Å². The van der Waals surface area contributed by atoms with Gasteiger partial charge in [0.05, 0.1) is 12.6 Å². The summed E-state index contributed by atoms with van der Waals surface area (Å²) in [6, 6.07) is 12.2. The normalized spacial score (nSPS) is 11.7. The van der Waals surface area contributed by atoms with E-state index < -0.39 is 12.0 Å². The Hall–Kier alpha value is -2.28. The van der Waals surface area contributed by atoms with Gasteiger partial charge in [0, 0.05) is 10.3 Å². The van der Waals surface area contributed by atoms with Gasteiger partial charge >= 0.3 is 6.18 Å². The first kappa shape index (κ1) is 16.6. The Morgan fingerprint density at radius 2 is 1.71 bits per heavy atom. The fourth-order valence-electron chi connectivity index (χ4n) is 2.17. The highest BCUT2D eigenvalue weighted by Gasteiger charge is 2.35. The molecule has 0 aliphatic rings. The second-order valence-corrected chi connectivity index (χ2v) is 6.21. The van der Waals surface area contributed by atoms with E-state index in [1.54, 1.807) is 49.6 Å². The Morgan fingerprint density at radius 3 is 2.33 bits per heavy atom. The number of aromatic nitrogens is 2. The smallest absolute Gasteiger partial charge is 0.451 e. The van der Waals surface area contributed by atoms with E-state index in [1.807, 2.05) is 6.92 Å². The standard InChI is InChI=1S/C17H13F3N2OS/c1-10-3-8-14-13(9-10)15(22-16(21-14)17(18,19)20)24-12-6-4-11(23-2)5-7-12/h3-9H,1-2H3. The lowest BCUT2D eigenvalue weighted by Crippen LogP contribution is -2.11. The van der Waals surface area contributed by atoms with Gasteiger partial charge in [-0.15, -0.1) is 0 Å². The van der Waals surface area contributed by atoms with Crippen LogP contribution < -0.4 is 4.74 Å². The molecule has 0 atom stereocenters. The number of benzene rings is 2. The largest absolute Gasteiger partial charge is 0.497 e. The second-order valence-electron chi connectivity index (χ2n) is 5.15. The summed E-state index contributed by atoms with van der Waals surface area (Å²) >= 11 is 1.17. The molecule has 0 saturated carbocycles. The van der Waals surface area contributed by atoms with Gasteiger partial charge in [-0.25, -0.2) is 9.97 Å². The number of halogens is 3. The van der Waals surface area contributed by atoms with Crippen molar-refractivity contribution in [2.24, 2.45) is 0 Å². The summed E-state index contributed by atoms with van der Waals surface area (Å²) in [5.74, 6) is -0.450. The molecule has 24 heavy (non-hydrogen) atoms. The van der Waals surface area contributed by atoms with E-state index >= 15 is 0 Å².